The maximum absolute atomic E-state index is 12.0. The Morgan fingerprint density at radius 2 is 1.94 bits per heavy atom. The van der Waals surface area contributed by atoms with Crippen LogP contribution in [0.15, 0.2) is 16.5 Å². The van der Waals surface area contributed by atoms with Gasteiger partial charge in [-0.1, -0.05) is 11.8 Å². The molecule has 0 unspecified atom stereocenters. The number of thioether (sulfide) groups is 1. The number of furan rings is 1. The number of rotatable bonds is 9. The third-order valence-electron chi connectivity index (χ3n) is 2.20. The third kappa shape index (κ3) is 5.81. The Morgan fingerprint density at radius 1 is 1.28 bits per heavy atom. The molecule has 7 heteroatoms. The van der Waals surface area contributed by atoms with Crippen LogP contribution >= 0.6 is 11.8 Å². The molecule has 4 nitrogen and oxygen atoms in total. The first-order chi connectivity index (χ1) is 8.65. The second-order valence-electron chi connectivity index (χ2n) is 3.47. The van der Waals surface area contributed by atoms with Crippen LogP contribution in [0.25, 0.3) is 0 Å². The highest BCUT2D eigenvalue weighted by atomic mass is 32.2. The highest BCUT2D eigenvalue weighted by Gasteiger charge is 2.08. The van der Waals surface area contributed by atoms with E-state index in [2.05, 4.69) is 5.32 Å². The molecule has 18 heavy (non-hydrogen) atoms. The summed E-state index contributed by atoms with van der Waals surface area (Å²) in [5.41, 5.74) is 0. The minimum atomic E-state index is -2.37. The van der Waals surface area contributed by atoms with E-state index in [-0.39, 0.29) is 12.0 Å². The largest absolute Gasteiger partial charge is 0.464 e. The summed E-state index contributed by atoms with van der Waals surface area (Å²) in [5.74, 6) is -0.949. The molecular weight excluding hydrogens is 264 g/mol. The SMILES string of the molecule is COC(CNCc1ccc(CSC(F)F)o1)OC. The molecular formula is C11H17F2NO3S. The summed E-state index contributed by atoms with van der Waals surface area (Å²) in [6.07, 6.45) is -0.311. The molecule has 1 heterocycles. The Balaban J connectivity index is 2.26. The van der Waals surface area contributed by atoms with Gasteiger partial charge in [-0.3, -0.25) is 0 Å². The van der Waals surface area contributed by atoms with E-state index in [4.69, 9.17) is 13.9 Å². The average Bonchev–Trinajstić information content (AvgIpc) is 2.80. The molecule has 0 aliphatic carbocycles. The fourth-order valence-corrected chi connectivity index (χ4v) is 1.76. The van der Waals surface area contributed by atoms with Gasteiger partial charge in [0.15, 0.2) is 6.29 Å². The first-order valence-electron chi connectivity index (χ1n) is 5.39. The molecule has 0 aromatic carbocycles. The van der Waals surface area contributed by atoms with Crippen LogP contribution < -0.4 is 5.32 Å². The molecule has 0 aliphatic heterocycles. The number of hydrogen-bond acceptors (Lipinski definition) is 5. The topological polar surface area (TPSA) is 43.6 Å². The van der Waals surface area contributed by atoms with Crippen molar-refractivity contribution in [2.75, 3.05) is 20.8 Å². The van der Waals surface area contributed by atoms with Gasteiger partial charge in [-0.2, -0.15) is 8.78 Å². The van der Waals surface area contributed by atoms with Crippen molar-refractivity contribution in [2.24, 2.45) is 0 Å². The number of halogens is 2. The van der Waals surface area contributed by atoms with E-state index in [1.54, 1.807) is 26.4 Å². The van der Waals surface area contributed by atoms with Gasteiger partial charge >= 0.3 is 0 Å². The van der Waals surface area contributed by atoms with Crippen molar-refractivity contribution in [1.82, 2.24) is 5.32 Å². The molecule has 0 bridgehead atoms. The van der Waals surface area contributed by atoms with Crippen molar-refractivity contribution in [3.8, 4) is 0 Å². The standard InChI is InChI=1S/C11H17F2NO3S/c1-15-10(16-2)6-14-5-8-3-4-9(17-8)7-18-11(12)13/h3-4,10-11,14H,5-7H2,1-2H3. The summed E-state index contributed by atoms with van der Waals surface area (Å²) in [4.78, 5) is 0. The summed E-state index contributed by atoms with van der Waals surface area (Å²) < 4.78 is 39.4. The zero-order chi connectivity index (χ0) is 13.4. The van der Waals surface area contributed by atoms with E-state index in [1.807, 2.05) is 0 Å². The second kappa shape index (κ2) is 8.47. The molecule has 1 aromatic heterocycles. The lowest BCUT2D eigenvalue weighted by molar-refractivity contribution is -0.0990. The fourth-order valence-electron chi connectivity index (χ4n) is 1.32. The van der Waals surface area contributed by atoms with Crippen LogP contribution in [-0.4, -0.2) is 32.8 Å². The lowest BCUT2D eigenvalue weighted by Gasteiger charge is -2.13. The highest BCUT2D eigenvalue weighted by molar-refractivity contribution is 7.98. The van der Waals surface area contributed by atoms with E-state index < -0.39 is 5.76 Å². The van der Waals surface area contributed by atoms with Crippen molar-refractivity contribution in [1.29, 1.82) is 0 Å². The molecule has 0 atom stereocenters. The fraction of sp³-hybridized carbons (Fsp3) is 0.636. The Kier molecular flexibility index (Phi) is 7.26. The predicted octanol–water partition coefficient (Wildman–Crippen LogP) is 2.44. The molecule has 0 saturated carbocycles. The molecule has 0 spiro atoms. The van der Waals surface area contributed by atoms with Crippen molar-refractivity contribution in [3.63, 3.8) is 0 Å². The van der Waals surface area contributed by atoms with Crippen LogP contribution in [-0.2, 0) is 21.8 Å². The Morgan fingerprint density at radius 3 is 2.56 bits per heavy atom. The van der Waals surface area contributed by atoms with E-state index in [1.165, 1.54) is 0 Å². The van der Waals surface area contributed by atoms with E-state index in [9.17, 15) is 8.78 Å². The van der Waals surface area contributed by atoms with Crippen LogP contribution in [0, 0.1) is 0 Å². The van der Waals surface area contributed by atoms with E-state index >= 15 is 0 Å². The van der Waals surface area contributed by atoms with Crippen molar-refractivity contribution in [3.05, 3.63) is 23.7 Å². The van der Waals surface area contributed by atoms with Gasteiger partial charge in [0.2, 0.25) is 0 Å². The molecule has 1 aromatic rings. The molecule has 0 fully saturated rings. The number of methoxy groups -OCH3 is 2. The van der Waals surface area contributed by atoms with Gasteiger partial charge in [0.25, 0.3) is 5.76 Å². The first-order valence-corrected chi connectivity index (χ1v) is 6.44. The van der Waals surface area contributed by atoms with Gasteiger partial charge in [0, 0.05) is 20.8 Å². The molecule has 0 radical (unpaired) electrons. The molecule has 1 N–H and O–H groups in total. The lowest BCUT2D eigenvalue weighted by atomic mass is 10.4. The number of nitrogens with one attached hydrogen (secondary N) is 1. The minimum absolute atomic E-state index is 0.177. The smallest absolute Gasteiger partial charge is 0.284 e. The molecule has 104 valence electrons. The van der Waals surface area contributed by atoms with Gasteiger partial charge in [-0.15, -0.1) is 0 Å². The zero-order valence-electron chi connectivity index (χ0n) is 10.3. The van der Waals surface area contributed by atoms with Gasteiger partial charge < -0.3 is 19.2 Å². The van der Waals surface area contributed by atoms with Crippen LogP contribution in [0.2, 0.25) is 0 Å². The molecule has 0 aliphatic rings. The van der Waals surface area contributed by atoms with Crippen LogP contribution in [0.3, 0.4) is 0 Å². The Bertz CT molecular complexity index is 332. The minimum Gasteiger partial charge on any atom is -0.464 e. The lowest BCUT2D eigenvalue weighted by Crippen LogP contribution is -2.29. The van der Waals surface area contributed by atoms with Crippen LogP contribution in [0.1, 0.15) is 11.5 Å². The van der Waals surface area contributed by atoms with Crippen LogP contribution in [0.5, 0.6) is 0 Å². The number of alkyl halides is 2. The van der Waals surface area contributed by atoms with Crippen molar-refractivity contribution in [2.45, 2.75) is 24.3 Å². The second-order valence-corrected chi connectivity index (χ2v) is 4.45. The van der Waals surface area contributed by atoms with Gasteiger partial charge in [0.05, 0.1) is 12.3 Å². The van der Waals surface area contributed by atoms with E-state index in [0.29, 0.717) is 36.4 Å². The highest BCUT2D eigenvalue weighted by Crippen LogP contribution is 2.21. The monoisotopic (exact) mass is 281 g/mol. The summed E-state index contributed by atoms with van der Waals surface area (Å²) in [7, 11) is 3.12. The van der Waals surface area contributed by atoms with Crippen LogP contribution in [0.4, 0.5) is 8.78 Å². The Labute approximate surface area is 109 Å². The number of hydrogen-bond donors (Lipinski definition) is 1. The quantitative estimate of drug-likeness (QED) is 0.704. The van der Waals surface area contributed by atoms with Gasteiger partial charge in [-0.05, 0) is 12.1 Å². The zero-order valence-corrected chi connectivity index (χ0v) is 11.1. The molecule has 0 amide bonds. The summed E-state index contributed by atoms with van der Waals surface area (Å²) in [5, 5.41) is 3.08. The summed E-state index contributed by atoms with van der Waals surface area (Å²) in [6.45, 7) is 1.03. The van der Waals surface area contributed by atoms with E-state index in [0.717, 1.165) is 0 Å². The number of ether oxygens (including phenoxy) is 2. The average molecular weight is 281 g/mol. The normalized spacial score (nSPS) is 11.7. The Hall–Kier alpha value is -0.630. The predicted molar refractivity (Wildman–Crippen MR) is 65.5 cm³/mol. The van der Waals surface area contributed by atoms with Gasteiger partial charge in [0.1, 0.15) is 11.5 Å². The molecule has 1 rings (SSSR count). The third-order valence-corrected chi connectivity index (χ3v) is 2.91. The maximum atomic E-state index is 12.0. The molecule has 0 saturated heterocycles. The maximum Gasteiger partial charge on any atom is 0.284 e. The van der Waals surface area contributed by atoms with Crippen molar-refractivity contribution < 1.29 is 22.7 Å². The van der Waals surface area contributed by atoms with Crippen molar-refractivity contribution >= 4 is 11.8 Å². The first kappa shape index (κ1) is 15.4. The van der Waals surface area contributed by atoms with Gasteiger partial charge in [-0.25, -0.2) is 0 Å². The summed E-state index contributed by atoms with van der Waals surface area (Å²) in [6, 6.07) is 3.47. The summed E-state index contributed by atoms with van der Waals surface area (Å²) >= 11 is 0.546.